The van der Waals surface area contributed by atoms with Gasteiger partial charge in [-0.25, -0.2) is 4.99 Å². The zero-order valence-corrected chi connectivity index (χ0v) is 13.3. The van der Waals surface area contributed by atoms with Crippen LogP contribution in [0.2, 0.25) is 0 Å². The van der Waals surface area contributed by atoms with Crippen molar-refractivity contribution >= 4 is 5.90 Å². The molecule has 3 heteroatoms. The number of nitrogens with zero attached hydrogens (tertiary/aromatic N) is 1. The van der Waals surface area contributed by atoms with Gasteiger partial charge in [0.15, 0.2) is 0 Å². The van der Waals surface area contributed by atoms with Gasteiger partial charge in [-0.15, -0.1) is 0 Å². The van der Waals surface area contributed by atoms with Gasteiger partial charge in [0.05, 0.1) is 5.54 Å². The molecule has 0 saturated carbocycles. The van der Waals surface area contributed by atoms with Crippen molar-refractivity contribution in [2.24, 2.45) is 4.99 Å². The fourth-order valence-corrected chi connectivity index (χ4v) is 2.43. The van der Waals surface area contributed by atoms with E-state index in [2.05, 4.69) is 44.0 Å². The van der Waals surface area contributed by atoms with Gasteiger partial charge in [0.25, 0.3) is 0 Å². The first-order valence-electron chi connectivity index (χ1n) is 7.53. The van der Waals surface area contributed by atoms with Gasteiger partial charge in [0.1, 0.15) is 19.0 Å². The Morgan fingerprint density at radius 2 is 1.91 bits per heavy atom. The van der Waals surface area contributed by atoms with Crippen molar-refractivity contribution < 1.29 is 9.47 Å². The van der Waals surface area contributed by atoms with Crippen LogP contribution in [-0.2, 0) is 11.3 Å². The molecule has 2 aromatic rings. The van der Waals surface area contributed by atoms with Crippen LogP contribution in [-0.4, -0.2) is 18.0 Å². The smallest absolute Gasteiger partial charge is 0.216 e. The van der Waals surface area contributed by atoms with Gasteiger partial charge in [-0.1, -0.05) is 30.3 Å². The standard InChI is InChI=1S/C19H21NO2/c1-14-9-16(18-20-19(2,3)13-22-18)11-17(10-14)21-12-15-7-5-4-6-8-15/h4-11H,12-13H2,1-3H3. The van der Waals surface area contributed by atoms with Crippen LogP contribution in [0.1, 0.15) is 30.5 Å². The maximum Gasteiger partial charge on any atom is 0.216 e. The number of aryl methyl sites for hydroxylation is 1. The van der Waals surface area contributed by atoms with Crippen LogP contribution in [0.5, 0.6) is 5.75 Å². The number of rotatable bonds is 4. The van der Waals surface area contributed by atoms with Gasteiger partial charge in [0, 0.05) is 5.56 Å². The lowest BCUT2D eigenvalue weighted by atomic mass is 10.1. The number of hydrogen-bond donors (Lipinski definition) is 0. The van der Waals surface area contributed by atoms with E-state index in [0.717, 1.165) is 22.4 Å². The third kappa shape index (κ3) is 3.48. The lowest BCUT2D eigenvalue weighted by Gasteiger charge is -2.10. The van der Waals surface area contributed by atoms with Gasteiger partial charge < -0.3 is 9.47 Å². The fourth-order valence-electron chi connectivity index (χ4n) is 2.43. The van der Waals surface area contributed by atoms with E-state index in [1.54, 1.807) is 0 Å². The second kappa shape index (κ2) is 5.84. The molecule has 0 saturated heterocycles. The molecule has 0 radical (unpaired) electrons. The molecule has 2 aromatic carbocycles. The van der Waals surface area contributed by atoms with E-state index in [4.69, 9.17) is 9.47 Å². The second-order valence-corrected chi connectivity index (χ2v) is 6.33. The molecule has 0 unspecified atom stereocenters. The first kappa shape index (κ1) is 14.6. The molecule has 0 aromatic heterocycles. The fraction of sp³-hybridized carbons (Fsp3) is 0.316. The maximum atomic E-state index is 5.91. The highest BCUT2D eigenvalue weighted by Gasteiger charge is 2.27. The Morgan fingerprint density at radius 3 is 2.59 bits per heavy atom. The summed E-state index contributed by atoms with van der Waals surface area (Å²) >= 11 is 0. The highest BCUT2D eigenvalue weighted by atomic mass is 16.5. The minimum Gasteiger partial charge on any atom is -0.489 e. The molecule has 0 atom stereocenters. The third-order valence-corrected chi connectivity index (χ3v) is 3.51. The Labute approximate surface area is 131 Å². The molecule has 0 bridgehead atoms. The Balaban J connectivity index is 1.79. The lowest BCUT2D eigenvalue weighted by molar-refractivity contribution is 0.279. The predicted octanol–water partition coefficient (Wildman–Crippen LogP) is 4.13. The Morgan fingerprint density at radius 1 is 1.14 bits per heavy atom. The zero-order chi connectivity index (χ0) is 15.6. The molecule has 114 valence electrons. The topological polar surface area (TPSA) is 30.8 Å². The van der Waals surface area contributed by atoms with Gasteiger partial charge in [-0.2, -0.15) is 0 Å². The normalized spacial score (nSPS) is 16.0. The first-order valence-corrected chi connectivity index (χ1v) is 7.53. The maximum absolute atomic E-state index is 5.91. The van der Waals surface area contributed by atoms with E-state index in [-0.39, 0.29) is 5.54 Å². The van der Waals surface area contributed by atoms with Crippen LogP contribution in [0.3, 0.4) is 0 Å². The summed E-state index contributed by atoms with van der Waals surface area (Å²) in [7, 11) is 0. The van der Waals surface area contributed by atoms with Crippen LogP contribution < -0.4 is 4.74 Å². The molecule has 22 heavy (non-hydrogen) atoms. The number of aliphatic imine (C=N–C) groups is 1. The summed E-state index contributed by atoms with van der Waals surface area (Å²) < 4.78 is 11.6. The minimum atomic E-state index is -0.149. The number of hydrogen-bond acceptors (Lipinski definition) is 3. The molecule has 0 amide bonds. The average molecular weight is 295 g/mol. The highest BCUT2D eigenvalue weighted by Crippen LogP contribution is 2.24. The lowest BCUT2D eigenvalue weighted by Crippen LogP contribution is -2.17. The molecule has 1 heterocycles. The molecule has 3 rings (SSSR count). The van der Waals surface area contributed by atoms with E-state index in [1.165, 1.54) is 0 Å². The molecule has 1 aliphatic heterocycles. The van der Waals surface area contributed by atoms with Gasteiger partial charge in [0.2, 0.25) is 5.90 Å². The van der Waals surface area contributed by atoms with E-state index in [1.807, 2.05) is 30.3 Å². The monoisotopic (exact) mass is 295 g/mol. The van der Waals surface area contributed by atoms with Crippen molar-refractivity contribution in [3.8, 4) is 5.75 Å². The van der Waals surface area contributed by atoms with Crippen molar-refractivity contribution in [3.05, 3.63) is 65.2 Å². The second-order valence-electron chi connectivity index (χ2n) is 6.33. The number of ether oxygens (including phenoxy) is 2. The van der Waals surface area contributed by atoms with Gasteiger partial charge in [-0.3, -0.25) is 0 Å². The van der Waals surface area contributed by atoms with Crippen molar-refractivity contribution in [3.63, 3.8) is 0 Å². The molecular formula is C19H21NO2. The van der Waals surface area contributed by atoms with Crippen LogP contribution in [0.25, 0.3) is 0 Å². The summed E-state index contributed by atoms with van der Waals surface area (Å²) in [6.07, 6.45) is 0. The SMILES string of the molecule is Cc1cc(OCc2ccccc2)cc(C2=NC(C)(C)CO2)c1. The average Bonchev–Trinajstić information content (AvgIpc) is 2.86. The summed E-state index contributed by atoms with van der Waals surface area (Å²) in [5.74, 6) is 1.55. The van der Waals surface area contributed by atoms with Crippen molar-refractivity contribution in [1.29, 1.82) is 0 Å². The van der Waals surface area contributed by atoms with Gasteiger partial charge >= 0.3 is 0 Å². The van der Waals surface area contributed by atoms with E-state index in [0.29, 0.717) is 19.1 Å². The predicted molar refractivity (Wildman–Crippen MR) is 88.5 cm³/mol. The summed E-state index contributed by atoms with van der Waals surface area (Å²) in [6, 6.07) is 16.3. The van der Waals surface area contributed by atoms with E-state index in [9.17, 15) is 0 Å². The molecule has 1 aliphatic rings. The van der Waals surface area contributed by atoms with Gasteiger partial charge in [-0.05, 0) is 50.1 Å². The Kier molecular flexibility index (Phi) is 3.88. The summed E-state index contributed by atoms with van der Waals surface area (Å²) in [4.78, 5) is 4.63. The Hall–Kier alpha value is -2.29. The van der Waals surface area contributed by atoms with Crippen LogP contribution in [0.4, 0.5) is 0 Å². The largest absolute Gasteiger partial charge is 0.489 e. The third-order valence-electron chi connectivity index (χ3n) is 3.51. The molecule has 3 nitrogen and oxygen atoms in total. The van der Waals surface area contributed by atoms with Crippen molar-refractivity contribution in [2.45, 2.75) is 32.9 Å². The summed E-state index contributed by atoms with van der Waals surface area (Å²) in [6.45, 7) is 7.38. The number of benzene rings is 2. The molecule has 0 aliphatic carbocycles. The first-order chi connectivity index (χ1) is 10.5. The quantitative estimate of drug-likeness (QED) is 0.849. The molecule has 0 fully saturated rings. The minimum absolute atomic E-state index is 0.149. The van der Waals surface area contributed by atoms with E-state index >= 15 is 0 Å². The molecular weight excluding hydrogens is 274 g/mol. The summed E-state index contributed by atoms with van der Waals surface area (Å²) in [5, 5.41) is 0. The molecule has 0 N–H and O–H groups in total. The van der Waals surface area contributed by atoms with Crippen LogP contribution in [0.15, 0.2) is 53.5 Å². The highest BCUT2D eigenvalue weighted by molar-refractivity contribution is 5.96. The van der Waals surface area contributed by atoms with Crippen molar-refractivity contribution in [1.82, 2.24) is 0 Å². The molecule has 0 spiro atoms. The summed E-state index contributed by atoms with van der Waals surface area (Å²) in [5.41, 5.74) is 3.12. The van der Waals surface area contributed by atoms with E-state index < -0.39 is 0 Å². The van der Waals surface area contributed by atoms with Crippen LogP contribution in [0, 0.1) is 6.92 Å². The Bertz CT molecular complexity index is 690. The zero-order valence-electron chi connectivity index (χ0n) is 13.3. The van der Waals surface area contributed by atoms with Crippen LogP contribution >= 0.6 is 0 Å². The van der Waals surface area contributed by atoms with Crippen molar-refractivity contribution in [2.75, 3.05) is 6.61 Å².